The number of fused-ring (bicyclic) bond motifs is 1. The second kappa shape index (κ2) is 7.35. The number of rotatable bonds is 4. The SMILES string of the molecule is CCn1c(-c2c(C)oc3ccccc23)cs/c1=N/S(=O)(=O)c1ccc(Br)cc1. The van der Waals surface area contributed by atoms with Gasteiger partial charge in [-0.25, -0.2) is 0 Å². The fourth-order valence-electron chi connectivity index (χ4n) is 3.16. The Kier molecular flexibility index (Phi) is 5.03. The lowest BCUT2D eigenvalue weighted by Crippen LogP contribution is -2.17. The van der Waals surface area contributed by atoms with E-state index in [1.165, 1.54) is 11.3 Å². The van der Waals surface area contributed by atoms with Gasteiger partial charge in [0.05, 0.1) is 10.6 Å². The van der Waals surface area contributed by atoms with Crippen molar-refractivity contribution in [3.8, 4) is 11.3 Å². The second-order valence-corrected chi connectivity index (χ2v) is 9.55. The van der Waals surface area contributed by atoms with Gasteiger partial charge in [-0.2, -0.15) is 8.42 Å². The highest BCUT2D eigenvalue weighted by atomic mass is 79.9. The minimum Gasteiger partial charge on any atom is -0.461 e. The van der Waals surface area contributed by atoms with Gasteiger partial charge in [0.25, 0.3) is 10.0 Å². The molecule has 0 aliphatic rings. The van der Waals surface area contributed by atoms with E-state index < -0.39 is 10.0 Å². The van der Waals surface area contributed by atoms with Crippen LogP contribution in [0.1, 0.15) is 12.7 Å². The molecule has 0 fully saturated rings. The molecule has 0 saturated carbocycles. The van der Waals surface area contributed by atoms with Crippen LogP contribution < -0.4 is 4.80 Å². The van der Waals surface area contributed by atoms with Gasteiger partial charge in [0.1, 0.15) is 11.3 Å². The van der Waals surface area contributed by atoms with Gasteiger partial charge in [0.15, 0.2) is 0 Å². The number of aromatic nitrogens is 1. The Balaban J connectivity index is 1.90. The van der Waals surface area contributed by atoms with Crippen LogP contribution in [0.3, 0.4) is 0 Å². The zero-order valence-electron chi connectivity index (χ0n) is 15.2. The summed E-state index contributed by atoms with van der Waals surface area (Å²) >= 11 is 4.62. The van der Waals surface area contributed by atoms with Crippen molar-refractivity contribution in [2.24, 2.45) is 4.40 Å². The molecule has 0 atom stereocenters. The van der Waals surface area contributed by atoms with Crippen LogP contribution in [0, 0.1) is 6.92 Å². The number of hydrogen-bond acceptors (Lipinski definition) is 4. The summed E-state index contributed by atoms with van der Waals surface area (Å²) in [5, 5.41) is 2.94. The van der Waals surface area contributed by atoms with Gasteiger partial charge in [-0.15, -0.1) is 15.7 Å². The number of nitrogens with zero attached hydrogens (tertiary/aromatic N) is 2. The Bertz CT molecular complexity index is 1330. The molecule has 0 unspecified atom stereocenters. The molecule has 8 heteroatoms. The molecule has 0 amide bonds. The summed E-state index contributed by atoms with van der Waals surface area (Å²) in [5.41, 5.74) is 2.68. The fraction of sp³-hybridized carbons (Fsp3) is 0.150. The minimum atomic E-state index is -3.80. The maximum absolute atomic E-state index is 12.7. The number of para-hydroxylation sites is 1. The van der Waals surface area contributed by atoms with Crippen molar-refractivity contribution in [1.82, 2.24) is 4.57 Å². The topological polar surface area (TPSA) is 64.6 Å². The largest absolute Gasteiger partial charge is 0.461 e. The molecule has 2 heterocycles. The average Bonchev–Trinajstić information content (AvgIpc) is 3.20. The summed E-state index contributed by atoms with van der Waals surface area (Å²) in [7, 11) is -3.80. The van der Waals surface area contributed by atoms with Gasteiger partial charge in [-0.1, -0.05) is 34.1 Å². The van der Waals surface area contributed by atoms with Gasteiger partial charge in [-0.3, -0.25) is 0 Å². The Hall–Kier alpha value is -2.16. The normalized spacial score (nSPS) is 12.8. The predicted octanol–water partition coefficient (Wildman–Crippen LogP) is 5.34. The van der Waals surface area contributed by atoms with Crippen LogP contribution in [0.4, 0.5) is 0 Å². The standard InChI is InChI=1S/C20H17BrN2O3S2/c1-3-23-17(19-13(2)26-18-7-5-4-6-16(18)19)12-27-20(23)22-28(24,25)15-10-8-14(21)9-11-15/h4-12H,3H2,1-2H3/b22-20+. The predicted molar refractivity (Wildman–Crippen MR) is 115 cm³/mol. The molecule has 0 aliphatic heterocycles. The van der Waals surface area contributed by atoms with E-state index >= 15 is 0 Å². The lowest BCUT2D eigenvalue weighted by atomic mass is 10.1. The van der Waals surface area contributed by atoms with Crippen LogP contribution in [-0.2, 0) is 16.6 Å². The first-order valence-corrected chi connectivity index (χ1v) is 11.8. The number of furan rings is 1. The summed E-state index contributed by atoms with van der Waals surface area (Å²) in [6.45, 7) is 4.48. The maximum Gasteiger partial charge on any atom is 0.285 e. The van der Waals surface area contributed by atoms with Crippen molar-refractivity contribution in [2.75, 3.05) is 0 Å². The smallest absolute Gasteiger partial charge is 0.285 e. The molecule has 5 nitrogen and oxygen atoms in total. The van der Waals surface area contributed by atoms with E-state index in [0.717, 1.165) is 32.5 Å². The molecule has 2 aromatic heterocycles. The third-order valence-corrected chi connectivity index (χ3v) is 7.24. The number of hydrogen-bond donors (Lipinski definition) is 0. The molecule has 0 aliphatic carbocycles. The van der Waals surface area contributed by atoms with E-state index in [0.29, 0.717) is 11.3 Å². The van der Waals surface area contributed by atoms with Crippen molar-refractivity contribution in [1.29, 1.82) is 0 Å². The van der Waals surface area contributed by atoms with Crippen molar-refractivity contribution in [3.05, 3.63) is 68.9 Å². The van der Waals surface area contributed by atoms with Gasteiger partial charge in [0, 0.05) is 27.3 Å². The van der Waals surface area contributed by atoms with E-state index in [9.17, 15) is 8.42 Å². The molecular weight excluding hydrogens is 460 g/mol. The fourth-order valence-corrected chi connectivity index (χ4v) is 5.59. The van der Waals surface area contributed by atoms with Crippen LogP contribution in [0.25, 0.3) is 22.2 Å². The number of benzene rings is 2. The summed E-state index contributed by atoms with van der Waals surface area (Å²) in [4.78, 5) is 0.600. The first-order valence-electron chi connectivity index (χ1n) is 8.64. The molecule has 4 rings (SSSR count). The first-order chi connectivity index (χ1) is 13.4. The zero-order valence-corrected chi connectivity index (χ0v) is 18.4. The van der Waals surface area contributed by atoms with Gasteiger partial charge in [0.2, 0.25) is 4.80 Å². The average molecular weight is 477 g/mol. The Morgan fingerprint density at radius 2 is 1.86 bits per heavy atom. The lowest BCUT2D eigenvalue weighted by Gasteiger charge is -2.06. The lowest BCUT2D eigenvalue weighted by molar-refractivity contribution is 0.579. The number of aryl methyl sites for hydroxylation is 1. The van der Waals surface area contributed by atoms with Gasteiger partial charge >= 0.3 is 0 Å². The highest BCUT2D eigenvalue weighted by Gasteiger charge is 2.18. The molecule has 28 heavy (non-hydrogen) atoms. The summed E-state index contributed by atoms with van der Waals surface area (Å²) in [6, 6.07) is 14.3. The van der Waals surface area contributed by atoms with Crippen molar-refractivity contribution < 1.29 is 12.8 Å². The first kappa shape index (κ1) is 19.2. The number of sulfonamides is 1. The number of halogens is 1. The molecule has 0 N–H and O–H groups in total. The maximum atomic E-state index is 12.7. The highest BCUT2D eigenvalue weighted by Crippen LogP contribution is 2.34. The molecule has 0 bridgehead atoms. The molecule has 0 spiro atoms. The quantitative estimate of drug-likeness (QED) is 0.399. The Morgan fingerprint density at radius 3 is 2.57 bits per heavy atom. The number of thiazole rings is 1. The molecular formula is C20H17BrN2O3S2. The van der Waals surface area contributed by atoms with Crippen LogP contribution in [0.5, 0.6) is 0 Å². The van der Waals surface area contributed by atoms with Crippen LogP contribution in [-0.4, -0.2) is 13.0 Å². The van der Waals surface area contributed by atoms with Crippen LogP contribution in [0.2, 0.25) is 0 Å². The molecule has 144 valence electrons. The van der Waals surface area contributed by atoms with E-state index in [1.807, 2.05) is 48.1 Å². The van der Waals surface area contributed by atoms with Gasteiger partial charge in [-0.05, 0) is 44.2 Å². The van der Waals surface area contributed by atoms with Gasteiger partial charge < -0.3 is 8.98 Å². The summed E-state index contributed by atoms with van der Waals surface area (Å²) in [6.07, 6.45) is 0. The van der Waals surface area contributed by atoms with Crippen LogP contribution >= 0.6 is 27.3 Å². The molecule has 2 aromatic carbocycles. The second-order valence-electron chi connectivity index (χ2n) is 6.20. The van der Waals surface area contributed by atoms with E-state index in [2.05, 4.69) is 20.3 Å². The minimum absolute atomic E-state index is 0.165. The van der Waals surface area contributed by atoms with E-state index in [1.54, 1.807) is 24.3 Å². The summed E-state index contributed by atoms with van der Waals surface area (Å²) in [5.74, 6) is 0.795. The molecule has 4 aromatic rings. The Morgan fingerprint density at radius 1 is 1.14 bits per heavy atom. The van der Waals surface area contributed by atoms with Crippen molar-refractivity contribution in [3.63, 3.8) is 0 Å². The third-order valence-electron chi connectivity index (χ3n) is 4.45. The summed E-state index contributed by atoms with van der Waals surface area (Å²) < 4.78 is 38.2. The highest BCUT2D eigenvalue weighted by molar-refractivity contribution is 9.10. The molecule has 0 radical (unpaired) electrons. The van der Waals surface area contributed by atoms with E-state index in [-0.39, 0.29) is 4.90 Å². The third kappa shape index (κ3) is 3.36. The van der Waals surface area contributed by atoms with Crippen LogP contribution in [0.15, 0.2) is 72.1 Å². The molecule has 0 saturated heterocycles. The van der Waals surface area contributed by atoms with Crippen molar-refractivity contribution in [2.45, 2.75) is 25.3 Å². The Labute approximate surface area is 175 Å². The zero-order chi connectivity index (χ0) is 19.9. The van der Waals surface area contributed by atoms with E-state index in [4.69, 9.17) is 4.42 Å². The van der Waals surface area contributed by atoms with Crippen molar-refractivity contribution >= 4 is 48.3 Å². The monoisotopic (exact) mass is 476 g/mol.